The molecule has 1 fully saturated rings. The van der Waals surface area contributed by atoms with Crippen LogP contribution in [0.1, 0.15) is 6.92 Å². The highest BCUT2D eigenvalue weighted by Crippen LogP contribution is 2.50. The molecule has 120 valence electrons. The van der Waals surface area contributed by atoms with Crippen LogP contribution in [-0.2, 0) is 0 Å². The SMILES string of the molecule is C=CC1(N)C(N)(N)[C@](N)(C=C)C(C)(N)C(N)(N)[C@]1(N)C=C. The van der Waals surface area contributed by atoms with Crippen molar-refractivity contribution in [3.63, 3.8) is 0 Å². The highest BCUT2D eigenvalue weighted by molar-refractivity contribution is 5.51. The Morgan fingerprint density at radius 1 is 0.571 bits per heavy atom. The third-order valence-electron chi connectivity index (χ3n) is 5.42. The van der Waals surface area contributed by atoms with Crippen molar-refractivity contribution in [3.8, 4) is 0 Å². The number of nitrogens with two attached hydrogens (primary N) is 8. The number of rotatable bonds is 3. The van der Waals surface area contributed by atoms with Crippen LogP contribution in [0.5, 0.6) is 0 Å². The van der Waals surface area contributed by atoms with Crippen LogP contribution in [0.3, 0.4) is 0 Å². The molecule has 0 bridgehead atoms. The summed E-state index contributed by atoms with van der Waals surface area (Å²) in [6, 6.07) is 0. The molecule has 0 aliphatic heterocycles. The van der Waals surface area contributed by atoms with Crippen molar-refractivity contribution in [2.75, 3.05) is 0 Å². The van der Waals surface area contributed by atoms with Crippen LogP contribution in [-0.4, -0.2) is 33.5 Å². The van der Waals surface area contributed by atoms with Crippen molar-refractivity contribution in [2.45, 2.75) is 40.4 Å². The van der Waals surface area contributed by atoms with Crippen molar-refractivity contribution < 1.29 is 0 Å². The van der Waals surface area contributed by atoms with Gasteiger partial charge in [0.2, 0.25) is 0 Å². The second-order valence-electron chi connectivity index (χ2n) is 6.16. The second kappa shape index (κ2) is 4.22. The Balaban J connectivity index is 4.00. The van der Waals surface area contributed by atoms with E-state index in [-0.39, 0.29) is 0 Å². The molecule has 8 nitrogen and oxygen atoms in total. The van der Waals surface area contributed by atoms with Crippen molar-refractivity contribution in [1.29, 1.82) is 0 Å². The maximum atomic E-state index is 6.37. The number of hydrogen-bond acceptors (Lipinski definition) is 8. The Labute approximate surface area is 125 Å². The van der Waals surface area contributed by atoms with Crippen LogP contribution in [0.4, 0.5) is 0 Å². The Morgan fingerprint density at radius 2 is 0.857 bits per heavy atom. The van der Waals surface area contributed by atoms with Gasteiger partial charge in [0.1, 0.15) is 11.3 Å². The van der Waals surface area contributed by atoms with Gasteiger partial charge in [-0.1, -0.05) is 18.2 Å². The Hall–Kier alpha value is -1.10. The van der Waals surface area contributed by atoms with Crippen LogP contribution < -0.4 is 45.9 Å². The predicted molar refractivity (Wildman–Crippen MR) is 86.2 cm³/mol. The maximum Gasteiger partial charge on any atom is 0.112 e. The van der Waals surface area contributed by atoms with Gasteiger partial charge in [-0.3, -0.25) is 0 Å². The highest BCUT2D eigenvalue weighted by atomic mass is 15.3. The van der Waals surface area contributed by atoms with Gasteiger partial charge in [-0.15, -0.1) is 19.7 Å². The van der Waals surface area contributed by atoms with E-state index in [1.807, 2.05) is 0 Å². The topological polar surface area (TPSA) is 208 Å². The highest BCUT2D eigenvalue weighted by Gasteiger charge is 2.78. The first-order chi connectivity index (χ1) is 9.18. The summed E-state index contributed by atoms with van der Waals surface area (Å²) in [7, 11) is 0. The van der Waals surface area contributed by atoms with Crippen molar-refractivity contribution >= 4 is 0 Å². The average molecular weight is 296 g/mol. The van der Waals surface area contributed by atoms with E-state index in [9.17, 15) is 0 Å². The summed E-state index contributed by atoms with van der Waals surface area (Å²) in [6.45, 7) is 12.5. The lowest BCUT2D eigenvalue weighted by Crippen LogP contribution is -3.07. The molecule has 8 heteroatoms. The molecule has 0 radical (unpaired) electrons. The zero-order valence-corrected chi connectivity index (χ0v) is 12.5. The van der Waals surface area contributed by atoms with Crippen molar-refractivity contribution in [1.82, 2.24) is 0 Å². The minimum atomic E-state index is -1.85. The third-order valence-corrected chi connectivity index (χ3v) is 5.42. The van der Waals surface area contributed by atoms with Crippen LogP contribution in [0.2, 0.25) is 0 Å². The minimum Gasteiger partial charge on any atom is -0.321 e. The molecule has 2 unspecified atom stereocenters. The molecule has 1 aliphatic carbocycles. The first-order valence-electron chi connectivity index (χ1n) is 6.40. The summed E-state index contributed by atoms with van der Waals surface area (Å²) in [5.41, 5.74) is 40.2. The zero-order chi connectivity index (χ0) is 17.1. The van der Waals surface area contributed by atoms with Crippen LogP contribution in [0, 0.1) is 0 Å². The average Bonchev–Trinajstić information content (AvgIpc) is 2.41. The lowest BCUT2D eigenvalue weighted by atomic mass is 9.44. The molecule has 16 N–H and O–H groups in total. The van der Waals surface area contributed by atoms with E-state index in [1.54, 1.807) is 0 Å². The van der Waals surface area contributed by atoms with Gasteiger partial charge in [0.25, 0.3) is 0 Å². The summed E-state index contributed by atoms with van der Waals surface area (Å²) in [6.07, 6.45) is 3.83. The Bertz CT molecular complexity index is 496. The lowest BCUT2D eigenvalue weighted by molar-refractivity contribution is -0.0549. The van der Waals surface area contributed by atoms with Crippen LogP contribution >= 0.6 is 0 Å². The van der Waals surface area contributed by atoms with Gasteiger partial charge in [-0.2, -0.15) is 0 Å². The molecule has 0 aromatic rings. The molecule has 0 saturated heterocycles. The normalized spacial score (nSPS) is 48.4. The predicted octanol–water partition coefficient (Wildman–Crippen LogP) is -3.40. The van der Waals surface area contributed by atoms with E-state index in [0.29, 0.717) is 0 Å². The Kier molecular flexibility index (Phi) is 3.60. The molecule has 4 atom stereocenters. The third kappa shape index (κ3) is 1.41. The largest absolute Gasteiger partial charge is 0.321 e. The molecule has 1 aliphatic rings. The molecule has 0 amide bonds. The molecule has 1 rings (SSSR count). The first kappa shape index (κ1) is 18.0. The number of hydrogen-bond donors (Lipinski definition) is 8. The molecular formula is C13H28N8. The molecule has 0 spiro atoms. The zero-order valence-electron chi connectivity index (χ0n) is 12.5. The van der Waals surface area contributed by atoms with Gasteiger partial charge in [-0.25, -0.2) is 0 Å². The lowest BCUT2D eigenvalue weighted by Gasteiger charge is -2.72. The smallest absolute Gasteiger partial charge is 0.112 e. The molecule has 0 heterocycles. The fourth-order valence-electron chi connectivity index (χ4n) is 3.28. The van der Waals surface area contributed by atoms with Crippen LogP contribution in [0.25, 0.3) is 0 Å². The first-order valence-corrected chi connectivity index (χ1v) is 6.40. The summed E-state index contributed by atoms with van der Waals surface area (Å²) >= 11 is 0. The van der Waals surface area contributed by atoms with Gasteiger partial charge < -0.3 is 45.9 Å². The molecule has 0 aromatic carbocycles. The summed E-state index contributed by atoms with van der Waals surface area (Å²) in [5.74, 6) is 0. The monoisotopic (exact) mass is 296 g/mol. The van der Waals surface area contributed by atoms with E-state index in [2.05, 4.69) is 19.7 Å². The van der Waals surface area contributed by atoms with E-state index >= 15 is 0 Å². The van der Waals surface area contributed by atoms with Crippen LogP contribution in [0.15, 0.2) is 38.0 Å². The Morgan fingerprint density at radius 3 is 1.14 bits per heavy atom. The van der Waals surface area contributed by atoms with E-state index < -0.39 is 33.5 Å². The fourth-order valence-corrected chi connectivity index (χ4v) is 3.28. The molecule has 21 heavy (non-hydrogen) atoms. The molecule has 0 aromatic heterocycles. The van der Waals surface area contributed by atoms with E-state index in [4.69, 9.17) is 45.9 Å². The summed E-state index contributed by atoms with van der Waals surface area (Å²) < 4.78 is 0. The maximum absolute atomic E-state index is 6.37. The summed E-state index contributed by atoms with van der Waals surface area (Å²) in [5, 5.41) is 0. The van der Waals surface area contributed by atoms with E-state index in [1.165, 1.54) is 25.2 Å². The molecule has 1 saturated carbocycles. The molecular weight excluding hydrogens is 268 g/mol. The summed E-state index contributed by atoms with van der Waals surface area (Å²) in [4.78, 5) is 0. The van der Waals surface area contributed by atoms with Gasteiger partial charge in [0, 0.05) is 0 Å². The quantitative estimate of drug-likeness (QED) is 0.194. The van der Waals surface area contributed by atoms with Gasteiger partial charge in [0.05, 0.1) is 22.2 Å². The van der Waals surface area contributed by atoms with Gasteiger partial charge >= 0.3 is 0 Å². The standard InChI is InChI=1S/C13H28N8/c1-5-9(15)8(4,14)12(18,19)10(16,6-2)11(17,7-3)13(9,20)21/h5-7H,1-3,14-21H2,4H3/t8?,9-,10-,11?/m0/s1. The van der Waals surface area contributed by atoms with Gasteiger partial charge in [-0.05, 0) is 6.92 Å². The fraction of sp³-hybridized carbons (Fsp3) is 0.538. The minimum absolute atomic E-state index is 1.27. The van der Waals surface area contributed by atoms with Gasteiger partial charge in [0.15, 0.2) is 0 Å². The van der Waals surface area contributed by atoms with Crippen molar-refractivity contribution in [3.05, 3.63) is 38.0 Å². The van der Waals surface area contributed by atoms with Crippen molar-refractivity contribution in [2.24, 2.45) is 45.9 Å². The van der Waals surface area contributed by atoms with E-state index in [0.717, 1.165) is 0 Å². The second-order valence-corrected chi connectivity index (χ2v) is 6.16.